The van der Waals surface area contributed by atoms with Gasteiger partial charge in [0.05, 0.1) is 22.0 Å². The van der Waals surface area contributed by atoms with Crippen LogP contribution in [0, 0.1) is 12.7 Å². The number of aromatic nitrogens is 3. The minimum Gasteiger partial charge on any atom is -0.369 e. The van der Waals surface area contributed by atoms with Gasteiger partial charge in [-0.25, -0.2) is 27.5 Å². The van der Waals surface area contributed by atoms with Crippen LogP contribution >= 0.6 is 0 Å². The van der Waals surface area contributed by atoms with Gasteiger partial charge in [0, 0.05) is 17.3 Å². The molecular formula is C20H18F4N4O2. The first-order chi connectivity index (χ1) is 14.3. The normalized spacial score (nSPS) is 16.1. The van der Waals surface area contributed by atoms with E-state index in [9.17, 15) is 27.5 Å². The summed E-state index contributed by atoms with van der Waals surface area (Å²) in [5.41, 5.74) is -1.93. The van der Waals surface area contributed by atoms with E-state index in [0.29, 0.717) is 18.2 Å². The molecule has 2 N–H and O–H groups in total. The number of aliphatic hydroxyl groups excluding tert-OH is 1. The third-order valence-corrected chi connectivity index (χ3v) is 5.49. The number of nitrogens with zero attached hydrogens (tertiary/aromatic N) is 3. The molecular weight excluding hydrogens is 404 g/mol. The summed E-state index contributed by atoms with van der Waals surface area (Å²) in [5.74, 6) is -1.17. The lowest BCUT2D eigenvalue weighted by Gasteiger charge is -2.20. The number of hydrogen-bond donors (Lipinski definition) is 2. The van der Waals surface area contributed by atoms with Crippen molar-refractivity contribution in [1.82, 2.24) is 14.5 Å². The van der Waals surface area contributed by atoms with Crippen LogP contribution < -0.4 is 10.9 Å². The van der Waals surface area contributed by atoms with Gasteiger partial charge in [0.1, 0.15) is 24.6 Å². The predicted octanol–water partition coefficient (Wildman–Crippen LogP) is 3.74. The molecule has 0 aliphatic heterocycles. The van der Waals surface area contributed by atoms with E-state index in [1.807, 2.05) is 0 Å². The molecule has 1 fully saturated rings. The van der Waals surface area contributed by atoms with Crippen LogP contribution in [0.2, 0.25) is 0 Å². The van der Waals surface area contributed by atoms with Crippen LogP contribution in [0.5, 0.6) is 0 Å². The lowest BCUT2D eigenvalue weighted by molar-refractivity contribution is 0.144. The van der Waals surface area contributed by atoms with E-state index < -0.39 is 36.2 Å². The van der Waals surface area contributed by atoms with E-state index in [-0.39, 0.29) is 28.0 Å². The lowest BCUT2D eigenvalue weighted by atomic mass is 10.1. The van der Waals surface area contributed by atoms with Crippen molar-refractivity contribution >= 4 is 16.7 Å². The molecule has 30 heavy (non-hydrogen) atoms. The van der Waals surface area contributed by atoms with Crippen molar-refractivity contribution in [3.63, 3.8) is 0 Å². The molecule has 0 spiro atoms. The van der Waals surface area contributed by atoms with Gasteiger partial charge in [-0.05, 0) is 19.8 Å². The summed E-state index contributed by atoms with van der Waals surface area (Å²) >= 11 is 0. The maximum Gasteiger partial charge on any atom is 0.266 e. The molecule has 1 aliphatic rings. The van der Waals surface area contributed by atoms with Crippen LogP contribution in [0.25, 0.3) is 10.9 Å². The number of nitrogens with one attached hydrogen (secondary N) is 1. The van der Waals surface area contributed by atoms with Crippen LogP contribution in [0.4, 0.5) is 23.4 Å². The Morgan fingerprint density at radius 2 is 1.97 bits per heavy atom. The van der Waals surface area contributed by atoms with Crippen molar-refractivity contribution in [2.75, 3.05) is 12.0 Å². The summed E-state index contributed by atoms with van der Waals surface area (Å²) in [6, 6.07) is 3.32. The zero-order valence-corrected chi connectivity index (χ0v) is 15.9. The molecule has 158 valence electrons. The first-order valence-corrected chi connectivity index (χ1v) is 9.23. The van der Waals surface area contributed by atoms with Crippen molar-refractivity contribution in [2.45, 2.75) is 38.0 Å². The Morgan fingerprint density at radius 3 is 2.60 bits per heavy atom. The number of benzene rings is 1. The van der Waals surface area contributed by atoms with Crippen LogP contribution in [0.1, 0.15) is 42.2 Å². The molecule has 0 unspecified atom stereocenters. The van der Waals surface area contributed by atoms with Crippen molar-refractivity contribution in [1.29, 1.82) is 0 Å². The number of fused-ring (bicyclic) bond motifs is 1. The zero-order chi connectivity index (χ0) is 21.6. The fraction of sp³-hybridized carbons (Fsp3) is 0.350. The highest BCUT2D eigenvalue weighted by atomic mass is 19.3. The summed E-state index contributed by atoms with van der Waals surface area (Å²) in [4.78, 5) is 20.8. The monoisotopic (exact) mass is 422 g/mol. The molecule has 4 rings (SSSR count). The minimum atomic E-state index is -3.04. The van der Waals surface area contributed by atoms with Crippen LogP contribution in [0.3, 0.4) is 0 Å². The Balaban J connectivity index is 1.79. The molecule has 2 aromatic heterocycles. The molecule has 0 bridgehead atoms. The standard InChI is InChI=1S/C20H18F4N4O2/c1-10-15-13(7-28(19(10)30)20(8-21)5-6-20)17(26-9-25-15)27-18(29)12-4-2-3-11(14(12)22)16(23)24/h2-4,7,9,16,18,29H,5-6,8H2,1H3,(H,25,26,27)/t18-/m1/s1. The number of aliphatic hydroxyl groups is 1. The van der Waals surface area contributed by atoms with E-state index in [4.69, 9.17) is 0 Å². The van der Waals surface area contributed by atoms with E-state index in [2.05, 4.69) is 15.3 Å². The van der Waals surface area contributed by atoms with Gasteiger partial charge in [-0.3, -0.25) is 4.79 Å². The first kappa shape index (κ1) is 20.3. The zero-order valence-electron chi connectivity index (χ0n) is 15.9. The largest absolute Gasteiger partial charge is 0.369 e. The number of halogens is 4. The van der Waals surface area contributed by atoms with Crippen molar-refractivity contribution in [3.05, 3.63) is 63.6 Å². The summed E-state index contributed by atoms with van der Waals surface area (Å²) in [7, 11) is 0. The Kier molecular flexibility index (Phi) is 4.97. The Morgan fingerprint density at radius 1 is 1.27 bits per heavy atom. The Hall–Kier alpha value is -3.01. The van der Waals surface area contributed by atoms with Crippen LogP contribution in [-0.4, -0.2) is 26.3 Å². The molecule has 10 heteroatoms. The molecule has 3 aromatic rings. The van der Waals surface area contributed by atoms with E-state index in [0.717, 1.165) is 12.4 Å². The minimum absolute atomic E-state index is 0.0564. The molecule has 1 aromatic carbocycles. The second-order valence-corrected chi connectivity index (χ2v) is 7.37. The second-order valence-electron chi connectivity index (χ2n) is 7.37. The average molecular weight is 422 g/mol. The first-order valence-electron chi connectivity index (χ1n) is 9.23. The highest BCUT2D eigenvalue weighted by Gasteiger charge is 2.46. The van der Waals surface area contributed by atoms with Gasteiger partial charge in [-0.2, -0.15) is 0 Å². The van der Waals surface area contributed by atoms with Crippen LogP contribution in [0.15, 0.2) is 35.5 Å². The predicted molar refractivity (Wildman–Crippen MR) is 102 cm³/mol. The van der Waals surface area contributed by atoms with Gasteiger partial charge in [0.15, 0.2) is 6.23 Å². The lowest BCUT2D eigenvalue weighted by Crippen LogP contribution is -2.33. The van der Waals surface area contributed by atoms with Gasteiger partial charge in [-0.1, -0.05) is 18.2 Å². The number of hydrogen-bond acceptors (Lipinski definition) is 5. The van der Waals surface area contributed by atoms with Gasteiger partial charge in [-0.15, -0.1) is 0 Å². The Labute approximate surface area is 168 Å². The molecule has 1 atom stereocenters. The van der Waals surface area contributed by atoms with Gasteiger partial charge >= 0.3 is 0 Å². The van der Waals surface area contributed by atoms with E-state index in [1.165, 1.54) is 22.9 Å². The maximum atomic E-state index is 14.4. The molecule has 0 saturated heterocycles. The van der Waals surface area contributed by atoms with Gasteiger partial charge in [0.25, 0.3) is 12.0 Å². The van der Waals surface area contributed by atoms with Crippen molar-refractivity contribution in [3.8, 4) is 0 Å². The average Bonchev–Trinajstić information content (AvgIpc) is 3.52. The molecule has 1 aliphatic carbocycles. The number of aryl methyl sites for hydroxylation is 1. The fourth-order valence-corrected chi connectivity index (χ4v) is 3.49. The van der Waals surface area contributed by atoms with Crippen LogP contribution in [-0.2, 0) is 5.54 Å². The number of rotatable bonds is 6. The molecule has 1 saturated carbocycles. The van der Waals surface area contributed by atoms with Crippen molar-refractivity contribution in [2.24, 2.45) is 0 Å². The third kappa shape index (κ3) is 3.20. The smallest absolute Gasteiger partial charge is 0.266 e. The summed E-state index contributed by atoms with van der Waals surface area (Å²) < 4.78 is 55.2. The SMILES string of the molecule is Cc1c(=O)n(C2(CF)CC2)cc2c(N[C@H](O)c3cccc(C(F)F)c3F)ncnc12. The quantitative estimate of drug-likeness (QED) is 0.467. The molecule has 6 nitrogen and oxygen atoms in total. The number of pyridine rings is 1. The summed E-state index contributed by atoms with van der Waals surface area (Å²) in [6.07, 6.45) is -1.14. The van der Waals surface area contributed by atoms with E-state index >= 15 is 0 Å². The van der Waals surface area contributed by atoms with E-state index in [1.54, 1.807) is 6.92 Å². The van der Waals surface area contributed by atoms with Gasteiger partial charge < -0.3 is 15.0 Å². The number of anilines is 1. The molecule has 2 heterocycles. The second kappa shape index (κ2) is 7.35. The highest BCUT2D eigenvalue weighted by Crippen LogP contribution is 2.43. The summed E-state index contributed by atoms with van der Waals surface area (Å²) in [6.45, 7) is 0.844. The highest BCUT2D eigenvalue weighted by molar-refractivity contribution is 5.90. The van der Waals surface area contributed by atoms with Gasteiger partial charge in [0.2, 0.25) is 0 Å². The summed E-state index contributed by atoms with van der Waals surface area (Å²) in [5, 5.41) is 13.3. The Bertz CT molecular complexity index is 1180. The molecule has 0 amide bonds. The topological polar surface area (TPSA) is 80.0 Å². The molecule has 0 radical (unpaired) electrons. The maximum absolute atomic E-state index is 14.4. The fourth-order valence-electron chi connectivity index (χ4n) is 3.49. The number of alkyl halides is 3. The third-order valence-electron chi connectivity index (χ3n) is 5.49. The van der Waals surface area contributed by atoms with Crippen molar-refractivity contribution < 1.29 is 22.7 Å².